The Bertz CT molecular complexity index is 939. The normalized spacial score (nSPS) is 12.0. The second-order valence-corrected chi connectivity index (χ2v) is 7.71. The lowest BCUT2D eigenvalue weighted by Gasteiger charge is -2.17. The van der Waals surface area contributed by atoms with Crippen molar-refractivity contribution in [3.63, 3.8) is 0 Å². The highest BCUT2D eigenvalue weighted by Gasteiger charge is 2.16. The van der Waals surface area contributed by atoms with E-state index < -0.39 is 0 Å². The van der Waals surface area contributed by atoms with Crippen LogP contribution in [0.2, 0.25) is 0 Å². The van der Waals surface area contributed by atoms with Crippen LogP contribution in [0.5, 0.6) is 5.75 Å². The molecule has 1 unspecified atom stereocenters. The molecule has 0 bridgehead atoms. The number of rotatable bonds is 11. The van der Waals surface area contributed by atoms with Crippen molar-refractivity contribution in [2.75, 3.05) is 12.4 Å². The summed E-state index contributed by atoms with van der Waals surface area (Å²) in [5, 5.41) is 7.63. The molecule has 0 aromatic carbocycles. The van der Waals surface area contributed by atoms with Gasteiger partial charge in [-0.15, -0.1) is 0 Å². The fourth-order valence-corrected chi connectivity index (χ4v) is 3.47. The van der Waals surface area contributed by atoms with E-state index in [4.69, 9.17) is 9.72 Å². The topological polar surface area (TPSA) is 77.8 Å². The van der Waals surface area contributed by atoms with E-state index in [1.807, 2.05) is 31.6 Å². The standard InChI is InChI=1S/C23H32N6O/c1-5-6-7-8-9-10-17(2)20-15-25-22(18-14-26-29(3)16-18)28-23(20)27-21-13-19(30-4)11-12-24-21/h11-17H,5-10H2,1-4H3,(H,24,25,27,28). The summed E-state index contributed by atoms with van der Waals surface area (Å²) in [7, 11) is 3.54. The Labute approximate surface area is 178 Å². The van der Waals surface area contributed by atoms with Crippen LogP contribution in [-0.2, 0) is 7.05 Å². The van der Waals surface area contributed by atoms with Crippen molar-refractivity contribution >= 4 is 11.6 Å². The van der Waals surface area contributed by atoms with Crippen molar-refractivity contribution < 1.29 is 4.74 Å². The molecule has 160 valence electrons. The van der Waals surface area contributed by atoms with Crippen LogP contribution in [-0.4, -0.2) is 31.8 Å². The van der Waals surface area contributed by atoms with Crippen LogP contribution in [0, 0.1) is 0 Å². The van der Waals surface area contributed by atoms with Crippen LogP contribution in [0.4, 0.5) is 11.6 Å². The Morgan fingerprint density at radius 3 is 2.70 bits per heavy atom. The van der Waals surface area contributed by atoms with Crippen molar-refractivity contribution in [1.29, 1.82) is 0 Å². The van der Waals surface area contributed by atoms with Gasteiger partial charge >= 0.3 is 0 Å². The van der Waals surface area contributed by atoms with Gasteiger partial charge in [-0.3, -0.25) is 4.68 Å². The van der Waals surface area contributed by atoms with Crippen molar-refractivity contribution in [2.24, 2.45) is 7.05 Å². The quantitative estimate of drug-likeness (QED) is 0.423. The van der Waals surface area contributed by atoms with Crippen molar-refractivity contribution in [3.05, 3.63) is 42.5 Å². The van der Waals surface area contributed by atoms with Gasteiger partial charge in [0, 0.05) is 37.3 Å². The summed E-state index contributed by atoms with van der Waals surface area (Å²) in [5.41, 5.74) is 1.99. The summed E-state index contributed by atoms with van der Waals surface area (Å²) in [4.78, 5) is 13.9. The predicted octanol–water partition coefficient (Wildman–Crippen LogP) is 5.49. The third-order valence-corrected chi connectivity index (χ3v) is 5.27. The molecule has 0 radical (unpaired) electrons. The Kier molecular flexibility index (Phi) is 7.76. The highest BCUT2D eigenvalue weighted by molar-refractivity contribution is 5.62. The summed E-state index contributed by atoms with van der Waals surface area (Å²) in [6.45, 7) is 4.49. The largest absolute Gasteiger partial charge is 0.497 e. The van der Waals surface area contributed by atoms with Crippen molar-refractivity contribution in [2.45, 2.75) is 58.3 Å². The zero-order valence-electron chi connectivity index (χ0n) is 18.4. The molecule has 1 atom stereocenters. The molecular formula is C23H32N6O. The van der Waals surface area contributed by atoms with Gasteiger partial charge in [-0.1, -0.05) is 46.0 Å². The van der Waals surface area contributed by atoms with E-state index in [1.54, 1.807) is 24.2 Å². The van der Waals surface area contributed by atoms with Gasteiger partial charge in [-0.2, -0.15) is 5.10 Å². The molecule has 0 saturated carbocycles. The van der Waals surface area contributed by atoms with Gasteiger partial charge in [0.05, 0.1) is 18.9 Å². The number of aryl methyl sites for hydroxylation is 1. The molecule has 3 aromatic rings. The molecule has 0 aliphatic carbocycles. The number of nitrogens with zero attached hydrogens (tertiary/aromatic N) is 5. The van der Waals surface area contributed by atoms with Gasteiger partial charge in [0.15, 0.2) is 5.82 Å². The molecule has 0 fully saturated rings. The number of anilines is 2. The van der Waals surface area contributed by atoms with Gasteiger partial charge in [0.2, 0.25) is 0 Å². The van der Waals surface area contributed by atoms with E-state index in [2.05, 4.69) is 34.2 Å². The molecule has 3 heterocycles. The maximum atomic E-state index is 5.33. The first-order valence-corrected chi connectivity index (χ1v) is 10.7. The monoisotopic (exact) mass is 408 g/mol. The van der Waals surface area contributed by atoms with Crippen LogP contribution < -0.4 is 10.1 Å². The van der Waals surface area contributed by atoms with E-state index in [1.165, 1.54) is 32.1 Å². The molecule has 0 aliphatic rings. The molecular weight excluding hydrogens is 376 g/mol. The number of pyridine rings is 1. The van der Waals surface area contributed by atoms with Gasteiger partial charge < -0.3 is 10.1 Å². The second-order valence-electron chi connectivity index (χ2n) is 7.71. The third-order valence-electron chi connectivity index (χ3n) is 5.27. The second kappa shape index (κ2) is 10.7. The Hall–Kier alpha value is -2.96. The van der Waals surface area contributed by atoms with E-state index in [-0.39, 0.29) is 0 Å². The van der Waals surface area contributed by atoms with Crippen LogP contribution in [0.25, 0.3) is 11.4 Å². The van der Waals surface area contributed by atoms with Crippen molar-refractivity contribution in [3.8, 4) is 17.1 Å². The summed E-state index contributed by atoms with van der Waals surface area (Å²) in [6.07, 6.45) is 14.8. The summed E-state index contributed by atoms with van der Waals surface area (Å²) < 4.78 is 7.08. The van der Waals surface area contributed by atoms with Crippen LogP contribution >= 0.6 is 0 Å². The molecule has 30 heavy (non-hydrogen) atoms. The molecule has 0 aliphatic heterocycles. The van der Waals surface area contributed by atoms with E-state index in [0.717, 1.165) is 29.1 Å². The Balaban J connectivity index is 1.84. The fourth-order valence-electron chi connectivity index (χ4n) is 3.47. The minimum absolute atomic E-state index is 0.350. The average Bonchev–Trinajstić information content (AvgIpc) is 3.20. The highest BCUT2D eigenvalue weighted by atomic mass is 16.5. The first kappa shape index (κ1) is 21.7. The first-order valence-electron chi connectivity index (χ1n) is 10.7. The number of aromatic nitrogens is 5. The number of methoxy groups -OCH3 is 1. The van der Waals surface area contributed by atoms with Crippen LogP contribution in [0.1, 0.15) is 63.9 Å². The molecule has 1 N–H and O–H groups in total. The summed E-state index contributed by atoms with van der Waals surface area (Å²) in [5.74, 6) is 3.22. The zero-order chi connectivity index (χ0) is 21.3. The maximum absolute atomic E-state index is 5.33. The smallest absolute Gasteiger partial charge is 0.164 e. The molecule has 0 saturated heterocycles. The molecule has 3 aromatic heterocycles. The predicted molar refractivity (Wildman–Crippen MR) is 120 cm³/mol. The van der Waals surface area contributed by atoms with Gasteiger partial charge in [-0.25, -0.2) is 15.0 Å². The third kappa shape index (κ3) is 5.78. The molecule has 0 amide bonds. The van der Waals surface area contributed by atoms with E-state index in [0.29, 0.717) is 17.6 Å². The van der Waals surface area contributed by atoms with Crippen LogP contribution in [0.15, 0.2) is 36.9 Å². The number of unbranched alkanes of at least 4 members (excludes halogenated alkanes) is 4. The fraction of sp³-hybridized carbons (Fsp3) is 0.478. The lowest BCUT2D eigenvalue weighted by Crippen LogP contribution is -2.06. The van der Waals surface area contributed by atoms with Gasteiger partial charge in [0.25, 0.3) is 0 Å². The maximum Gasteiger partial charge on any atom is 0.164 e. The van der Waals surface area contributed by atoms with Gasteiger partial charge in [0.1, 0.15) is 17.4 Å². The molecule has 0 spiro atoms. The molecule has 3 rings (SSSR count). The van der Waals surface area contributed by atoms with Crippen LogP contribution in [0.3, 0.4) is 0 Å². The first-order chi connectivity index (χ1) is 14.6. The lowest BCUT2D eigenvalue weighted by molar-refractivity contribution is 0.414. The summed E-state index contributed by atoms with van der Waals surface area (Å²) in [6, 6.07) is 3.69. The van der Waals surface area contributed by atoms with E-state index >= 15 is 0 Å². The number of hydrogen-bond acceptors (Lipinski definition) is 6. The minimum atomic E-state index is 0.350. The lowest BCUT2D eigenvalue weighted by atomic mass is 9.96. The summed E-state index contributed by atoms with van der Waals surface area (Å²) >= 11 is 0. The van der Waals surface area contributed by atoms with Gasteiger partial charge in [-0.05, 0) is 18.4 Å². The van der Waals surface area contributed by atoms with Crippen molar-refractivity contribution in [1.82, 2.24) is 24.7 Å². The molecule has 7 nitrogen and oxygen atoms in total. The van der Waals surface area contributed by atoms with E-state index in [9.17, 15) is 0 Å². The Morgan fingerprint density at radius 2 is 1.97 bits per heavy atom. The minimum Gasteiger partial charge on any atom is -0.497 e. The highest BCUT2D eigenvalue weighted by Crippen LogP contribution is 2.31. The molecule has 7 heteroatoms. The SMILES string of the molecule is CCCCCCCC(C)c1cnc(-c2cnn(C)c2)nc1Nc1cc(OC)ccn1. The number of nitrogens with one attached hydrogen (secondary N) is 1. The number of hydrogen-bond donors (Lipinski definition) is 1. The average molecular weight is 409 g/mol. The number of ether oxygens (including phenoxy) is 1. The Morgan fingerprint density at radius 1 is 1.13 bits per heavy atom. The zero-order valence-corrected chi connectivity index (χ0v) is 18.4.